The first kappa shape index (κ1) is 19.0. The van der Waals surface area contributed by atoms with Crippen LogP contribution in [0.25, 0.3) is 0 Å². The second-order valence-corrected chi connectivity index (χ2v) is 7.27. The smallest absolute Gasteiger partial charge is 0.272 e. The minimum Gasteiger partial charge on any atom is -0.272 e. The molecule has 0 amide bonds. The number of rotatable bonds is 7. The minimum atomic E-state index is -3.59. The predicted octanol–water partition coefficient (Wildman–Crippen LogP) is 2.68. The van der Waals surface area contributed by atoms with Gasteiger partial charge in [0.15, 0.2) is 9.84 Å². The number of nitro benzene ring substituents is 2. The van der Waals surface area contributed by atoms with Gasteiger partial charge in [-0.3, -0.25) is 25.7 Å². The third-order valence-corrected chi connectivity index (χ3v) is 4.92. The molecule has 0 radical (unpaired) electrons. The van der Waals surface area contributed by atoms with Gasteiger partial charge in [0.05, 0.1) is 26.6 Å². The summed E-state index contributed by atoms with van der Waals surface area (Å²) in [5.74, 6) is -0.413. The fraction of sp³-hybridized carbons (Fsp3) is 0.133. The van der Waals surface area contributed by atoms with Crippen LogP contribution in [0.15, 0.2) is 52.5 Å². The number of sulfone groups is 1. The Balaban J connectivity index is 2.12. The molecule has 10 nitrogen and oxygen atoms in total. The van der Waals surface area contributed by atoms with E-state index in [4.69, 9.17) is 0 Å². The summed E-state index contributed by atoms with van der Waals surface area (Å²) in [5, 5.41) is 25.3. The number of aryl methyl sites for hydroxylation is 1. The molecule has 2 aromatic rings. The van der Waals surface area contributed by atoms with Gasteiger partial charge in [-0.1, -0.05) is 17.7 Å². The largest absolute Gasteiger partial charge is 0.301 e. The summed E-state index contributed by atoms with van der Waals surface area (Å²) in [6, 6.07) is 9.29. The number of benzene rings is 2. The normalized spacial score (nSPS) is 11.4. The summed E-state index contributed by atoms with van der Waals surface area (Å²) in [6.45, 7) is 1.83. The van der Waals surface area contributed by atoms with E-state index in [2.05, 4.69) is 10.5 Å². The summed E-state index contributed by atoms with van der Waals surface area (Å²) in [5.41, 5.74) is 2.18. The van der Waals surface area contributed by atoms with Crippen molar-refractivity contribution < 1.29 is 18.3 Å². The second-order valence-electron chi connectivity index (χ2n) is 5.23. The lowest BCUT2D eigenvalue weighted by atomic mass is 10.2. The molecule has 2 rings (SSSR count). The van der Waals surface area contributed by atoms with E-state index >= 15 is 0 Å². The van der Waals surface area contributed by atoms with Crippen LogP contribution in [0, 0.1) is 27.2 Å². The predicted molar refractivity (Wildman–Crippen MR) is 95.1 cm³/mol. The molecule has 0 saturated heterocycles. The van der Waals surface area contributed by atoms with Gasteiger partial charge in [-0.25, -0.2) is 8.42 Å². The summed E-state index contributed by atoms with van der Waals surface area (Å²) < 4.78 is 24.3. The molecule has 0 fully saturated rings. The van der Waals surface area contributed by atoms with Gasteiger partial charge in [0.1, 0.15) is 5.69 Å². The Labute approximate surface area is 148 Å². The number of nitrogens with zero attached hydrogens (tertiary/aromatic N) is 3. The van der Waals surface area contributed by atoms with Crippen LogP contribution in [0.4, 0.5) is 17.1 Å². The van der Waals surface area contributed by atoms with Gasteiger partial charge in [-0.2, -0.15) is 5.10 Å². The van der Waals surface area contributed by atoms with E-state index in [1.54, 1.807) is 12.1 Å². The monoisotopic (exact) mass is 378 g/mol. The van der Waals surface area contributed by atoms with Crippen molar-refractivity contribution in [3.63, 3.8) is 0 Å². The molecule has 0 spiro atoms. The summed E-state index contributed by atoms with van der Waals surface area (Å²) >= 11 is 0. The van der Waals surface area contributed by atoms with Crippen LogP contribution < -0.4 is 5.43 Å². The summed E-state index contributed by atoms with van der Waals surface area (Å²) in [7, 11) is -3.59. The highest BCUT2D eigenvalue weighted by Crippen LogP contribution is 2.28. The fourth-order valence-electron chi connectivity index (χ4n) is 1.97. The van der Waals surface area contributed by atoms with Gasteiger partial charge >= 0.3 is 5.69 Å². The fourth-order valence-corrected chi connectivity index (χ4v) is 2.99. The van der Waals surface area contributed by atoms with Gasteiger partial charge in [0.2, 0.25) is 0 Å². The minimum absolute atomic E-state index is 0.0930. The van der Waals surface area contributed by atoms with E-state index in [1.165, 1.54) is 12.1 Å². The van der Waals surface area contributed by atoms with E-state index in [1.807, 2.05) is 6.92 Å². The zero-order chi connectivity index (χ0) is 19.3. The van der Waals surface area contributed by atoms with E-state index in [-0.39, 0.29) is 10.6 Å². The molecular formula is C15H14N4O6S. The molecule has 0 bridgehead atoms. The molecule has 0 saturated carbocycles. The van der Waals surface area contributed by atoms with Gasteiger partial charge in [0.25, 0.3) is 5.69 Å². The topological polar surface area (TPSA) is 145 Å². The first-order chi connectivity index (χ1) is 12.2. The molecule has 26 heavy (non-hydrogen) atoms. The average molecular weight is 378 g/mol. The second kappa shape index (κ2) is 7.70. The molecular weight excluding hydrogens is 364 g/mol. The van der Waals surface area contributed by atoms with Crippen molar-refractivity contribution in [3.05, 3.63) is 68.3 Å². The molecule has 0 atom stereocenters. The van der Waals surface area contributed by atoms with Crippen LogP contribution in [0.3, 0.4) is 0 Å². The Hall–Kier alpha value is -3.34. The molecule has 0 aliphatic heterocycles. The maximum atomic E-state index is 12.1. The number of hydrogen-bond acceptors (Lipinski definition) is 8. The summed E-state index contributed by atoms with van der Waals surface area (Å²) in [4.78, 5) is 20.3. The van der Waals surface area contributed by atoms with E-state index in [0.29, 0.717) is 0 Å². The quantitative estimate of drug-likeness (QED) is 0.443. The maximum absolute atomic E-state index is 12.1. The van der Waals surface area contributed by atoms with Gasteiger partial charge in [-0.05, 0) is 25.1 Å². The molecule has 0 heterocycles. The van der Waals surface area contributed by atoms with Crippen molar-refractivity contribution in [3.8, 4) is 0 Å². The Kier molecular flexibility index (Phi) is 5.62. The third kappa shape index (κ3) is 4.60. The number of nitro groups is 2. The highest BCUT2D eigenvalue weighted by Gasteiger charge is 2.19. The Morgan fingerprint density at radius 2 is 1.73 bits per heavy atom. The highest BCUT2D eigenvalue weighted by molar-refractivity contribution is 7.92. The highest BCUT2D eigenvalue weighted by atomic mass is 32.2. The van der Waals surface area contributed by atoms with Gasteiger partial charge < -0.3 is 0 Å². The molecule has 1 N–H and O–H groups in total. The SMILES string of the molecule is Cc1ccc(S(=O)(=O)CC=NNc2ccc([N+](=O)[O-])cc2[N+](=O)[O-])cc1. The standard InChI is InChI=1S/C15H14N4O6S/c1-11-2-5-13(6-3-11)26(24,25)9-8-16-17-14-7-4-12(18(20)21)10-15(14)19(22)23/h2-8,10,17H,9H2,1H3. The van der Waals surface area contributed by atoms with Crippen molar-refractivity contribution >= 4 is 33.1 Å². The molecule has 0 aliphatic carbocycles. The average Bonchev–Trinajstić information content (AvgIpc) is 2.59. The molecule has 0 unspecified atom stereocenters. The van der Waals surface area contributed by atoms with Crippen LogP contribution in [0.1, 0.15) is 5.56 Å². The Bertz CT molecular complexity index is 970. The number of anilines is 1. The van der Waals surface area contributed by atoms with Crippen LogP contribution in [0.2, 0.25) is 0 Å². The Morgan fingerprint density at radius 3 is 2.31 bits per heavy atom. The third-order valence-electron chi connectivity index (χ3n) is 3.34. The van der Waals surface area contributed by atoms with Crippen LogP contribution in [-0.2, 0) is 9.84 Å². The first-order valence-electron chi connectivity index (χ1n) is 7.20. The maximum Gasteiger partial charge on any atom is 0.301 e. The van der Waals surface area contributed by atoms with Crippen LogP contribution >= 0.6 is 0 Å². The van der Waals surface area contributed by atoms with Crippen molar-refractivity contribution in [1.29, 1.82) is 0 Å². The lowest BCUT2D eigenvalue weighted by Crippen LogP contribution is -2.08. The van der Waals surface area contributed by atoms with Gasteiger partial charge in [0, 0.05) is 12.3 Å². The molecule has 0 aliphatic rings. The van der Waals surface area contributed by atoms with Crippen molar-refractivity contribution in [2.24, 2.45) is 5.10 Å². The lowest BCUT2D eigenvalue weighted by molar-refractivity contribution is -0.393. The molecule has 0 aromatic heterocycles. The zero-order valence-electron chi connectivity index (χ0n) is 13.5. The number of nitrogens with one attached hydrogen (secondary N) is 1. The van der Waals surface area contributed by atoms with Crippen LogP contribution in [-0.4, -0.2) is 30.2 Å². The van der Waals surface area contributed by atoms with Crippen molar-refractivity contribution in [2.75, 3.05) is 11.2 Å². The first-order valence-corrected chi connectivity index (χ1v) is 8.86. The van der Waals surface area contributed by atoms with Crippen molar-refractivity contribution in [1.82, 2.24) is 0 Å². The lowest BCUT2D eigenvalue weighted by Gasteiger charge is -2.03. The van der Waals surface area contributed by atoms with E-state index in [9.17, 15) is 28.6 Å². The molecule has 136 valence electrons. The van der Waals surface area contributed by atoms with Crippen LogP contribution in [0.5, 0.6) is 0 Å². The van der Waals surface area contributed by atoms with Gasteiger partial charge in [-0.15, -0.1) is 0 Å². The Morgan fingerprint density at radius 1 is 1.08 bits per heavy atom. The number of hydrazone groups is 1. The molecule has 2 aromatic carbocycles. The summed E-state index contributed by atoms with van der Waals surface area (Å²) in [6.07, 6.45) is 1.06. The van der Waals surface area contributed by atoms with Crippen molar-refractivity contribution in [2.45, 2.75) is 11.8 Å². The number of non-ortho nitro benzene ring substituents is 1. The number of hydrogen-bond donors (Lipinski definition) is 1. The molecule has 11 heteroatoms. The van der Waals surface area contributed by atoms with E-state index < -0.39 is 36.8 Å². The van der Waals surface area contributed by atoms with E-state index in [0.717, 1.165) is 30.0 Å². The zero-order valence-corrected chi connectivity index (χ0v) is 14.3.